The summed E-state index contributed by atoms with van der Waals surface area (Å²) in [7, 11) is 6.14. The number of carbonyl (C=O) groups excluding carboxylic acids is 1. The van der Waals surface area contributed by atoms with Crippen molar-refractivity contribution in [1.29, 1.82) is 0 Å². The van der Waals surface area contributed by atoms with E-state index in [0.29, 0.717) is 27.8 Å². The number of hydrogen-bond donors (Lipinski definition) is 0. The van der Waals surface area contributed by atoms with Crippen molar-refractivity contribution in [2.45, 2.75) is 37.4 Å². The van der Waals surface area contributed by atoms with Crippen LogP contribution in [0.4, 0.5) is 4.39 Å². The Hall–Kier alpha value is -2.20. The smallest absolute Gasteiger partial charge is 0.343 e. The zero-order valence-electron chi connectivity index (χ0n) is 15.7. The minimum atomic E-state index is -1.41. The van der Waals surface area contributed by atoms with Crippen LogP contribution in [0.2, 0.25) is 0 Å². The highest BCUT2D eigenvalue weighted by Gasteiger charge is 2.49. The maximum atomic E-state index is 16.1. The van der Waals surface area contributed by atoms with E-state index in [4.69, 9.17) is 4.74 Å². The number of nitrogens with zero attached hydrogens (tertiary/aromatic N) is 1. The molecule has 138 valence electrons. The topological polar surface area (TPSA) is 26.3 Å². The van der Waals surface area contributed by atoms with Crippen LogP contribution in [0.5, 0.6) is 5.75 Å². The molecule has 2 aromatic rings. The number of carbonyl (C=O) groups is 1. The van der Waals surface area contributed by atoms with E-state index in [1.807, 2.05) is 33.3 Å². The zero-order chi connectivity index (χ0) is 18.8. The number of hydrogen-bond acceptors (Lipinski definition) is 2. The second kappa shape index (κ2) is 7.20. The van der Waals surface area contributed by atoms with E-state index in [9.17, 15) is 4.79 Å². The minimum Gasteiger partial charge on any atom is -0.423 e. The van der Waals surface area contributed by atoms with Gasteiger partial charge in [0.05, 0.1) is 26.7 Å². The van der Waals surface area contributed by atoms with E-state index >= 15 is 4.39 Å². The van der Waals surface area contributed by atoms with Gasteiger partial charge < -0.3 is 9.22 Å². The predicted molar refractivity (Wildman–Crippen MR) is 101 cm³/mol. The Balaban J connectivity index is 1.87. The normalized spacial score (nSPS) is 23.5. The first-order chi connectivity index (χ1) is 12.3. The second-order valence-corrected chi connectivity index (χ2v) is 8.02. The molecular weight excluding hydrogens is 329 g/mol. The summed E-state index contributed by atoms with van der Waals surface area (Å²) in [6.45, 7) is 0. The lowest BCUT2D eigenvalue weighted by molar-refractivity contribution is -0.905. The summed E-state index contributed by atoms with van der Waals surface area (Å²) in [6, 6.07) is 15.7. The number of quaternary nitrogens is 1. The van der Waals surface area contributed by atoms with Crippen LogP contribution >= 0.6 is 0 Å². The van der Waals surface area contributed by atoms with Crippen LogP contribution in [0, 0.1) is 0 Å². The molecule has 1 aliphatic carbocycles. The van der Waals surface area contributed by atoms with Gasteiger partial charge in [-0.1, -0.05) is 30.3 Å². The van der Waals surface area contributed by atoms with Crippen LogP contribution in [0.15, 0.2) is 54.6 Å². The van der Waals surface area contributed by atoms with Gasteiger partial charge in [-0.3, -0.25) is 0 Å². The van der Waals surface area contributed by atoms with Gasteiger partial charge in [-0.05, 0) is 49.1 Å². The number of likely N-dealkylation sites (N-methyl/N-ethyl adjacent to an activating group) is 1. The van der Waals surface area contributed by atoms with E-state index in [1.165, 1.54) is 0 Å². The molecule has 0 aromatic heterocycles. The van der Waals surface area contributed by atoms with Crippen molar-refractivity contribution >= 4 is 5.97 Å². The number of rotatable bonds is 4. The first-order valence-electron chi connectivity index (χ1n) is 9.18. The first-order valence-corrected chi connectivity index (χ1v) is 9.18. The lowest BCUT2D eigenvalue weighted by atomic mass is 9.76. The van der Waals surface area contributed by atoms with Crippen molar-refractivity contribution in [3.63, 3.8) is 0 Å². The third-order valence-corrected chi connectivity index (χ3v) is 5.27. The number of ether oxygens (including phenoxy) is 1. The monoisotopic (exact) mass is 356 g/mol. The summed E-state index contributed by atoms with van der Waals surface area (Å²) < 4.78 is 22.2. The second-order valence-electron chi connectivity index (χ2n) is 8.02. The van der Waals surface area contributed by atoms with Gasteiger partial charge in [0, 0.05) is 6.42 Å². The fraction of sp³-hybridized carbons (Fsp3) is 0.409. The third-order valence-electron chi connectivity index (χ3n) is 5.27. The van der Waals surface area contributed by atoms with Gasteiger partial charge in [0.1, 0.15) is 11.8 Å². The van der Waals surface area contributed by atoms with Crippen molar-refractivity contribution in [3.05, 3.63) is 65.7 Å². The largest absolute Gasteiger partial charge is 0.423 e. The summed E-state index contributed by atoms with van der Waals surface area (Å²) in [5.74, 6) is -0.0402. The molecule has 0 bridgehead atoms. The molecule has 0 spiro atoms. The molecule has 2 unspecified atom stereocenters. The Kier molecular flexibility index (Phi) is 5.15. The van der Waals surface area contributed by atoms with E-state index in [-0.39, 0.29) is 6.04 Å². The van der Waals surface area contributed by atoms with Crippen molar-refractivity contribution < 1.29 is 18.4 Å². The molecule has 1 fully saturated rings. The van der Waals surface area contributed by atoms with Gasteiger partial charge in [0.15, 0.2) is 5.67 Å². The van der Waals surface area contributed by atoms with Crippen LogP contribution in [0.3, 0.4) is 0 Å². The Morgan fingerprint density at radius 1 is 1.08 bits per heavy atom. The number of esters is 1. The summed E-state index contributed by atoms with van der Waals surface area (Å²) >= 11 is 0. The van der Waals surface area contributed by atoms with Crippen molar-refractivity contribution in [3.8, 4) is 5.75 Å². The molecule has 0 aliphatic heterocycles. The number of benzene rings is 2. The fourth-order valence-electron chi connectivity index (χ4n) is 4.01. The maximum Gasteiger partial charge on any atom is 0.343 e. The number of alkyl halides is 1. The maximum absolute atomic E-state index is 16.1. The molecule has 26 heavy (non-hydrogen) atoms. The molecule has 0 saturated heterocycles. The highest BCUT2D eigenvalue weighted by atomic mass is 19.1. The zero-order valence-corrected chi connectivity index (χ0v) is 15.7. The van der Waals surface area contributed by atoms with Crippen LogP contribution in [0.25, 0.3) is 0 Å². The standard InChI is InChI=1S/C22H27FNO2/c1-24(2,3)20-14-7-8-15-22(20,23)18-12-9-13-19(16-18)26-21(25)17-10-5-4-6-11-17/h4-6,9-13,16,20H,7-8,14-15H2,1-3H3/q+1. The van der Waals surface area contributed by atoms with Crippen LogP contribution in [0.1, 0.15) is 41.6 Å². The SMILES string of the molecule is C[N+](C)(C)C1CCCCC1(F)c1cccc(OC(=O)c2ccccc2)c1. The highest BCUT2D eigenvalue weighted by Crippen LogP contribution is 2.45. The van der Waals surface area contributed by atoms with E-state index in [0.717, 1.165) is 19.3 Å². The van der Waals surface area contributed by atoms with E-state index < -0.39 is 11.6 Å². The summed E-state index contributed by atoms with van der Waals surface area (Å²) in [6.07, 6.45) is 3.28. The molecule has 0 N–H and O–H groups in total. The molecule has 2 atom stereocenters. The van der Waals surface area contributed by atoms with E-state index in [1.54, 1.807) is 42.5 Å². The Bertz CT molecular complexity index is 769. The van der Waals surface area contributed by atoms with Crippen molar-refractivity contribution in [1.82, 2.24) is 0 Å². The Labute approximate surface area is 155 Å². The molecule has 0 amide bonds. The summed E-state index contributed by atoms with van der Waals surface area (Å²) in [4.78, 5) is 12.3. The quantitative estimate of drug-likeness (QED) is 0.450. The third kappa shape index (κ3) is 3.80. The molecule has 3 nitrogen and oxygen atoms in total. The molecule has 1 saturated carbocycles. The lowest BCUT2D eigenvalue weighted by Gasteiger charge is -2.45. The molecule has 4 heteroatoms. The summed E-state index contributed by atoms with van der Waals surface area (Å²) in [5, 5.41) is 0. The molecular formula is C22H27FNO2+. The first kappa shape index (κ1) is 18.6. The predicted octanol–water partition coefficient (Wildman–Crippen LogP) is 4.72. The molecule has 3 rings (SSSR count). The Morgan fingerprint density at radius 3 is 2.50 bits per heavy atom. The van der Waals surface area contributed by atoms with Gasteiger partial charge in [0.25, 0.3) is 0 Å². The van der Waals surface area contributed by atoms with Gasteiger partial charge in [-0.15, -0.1) is 0 Å². The highest BCUT2D eigenvalue weighted by molar-refractivity contribution is 5.90. The van der Waals surface area contributed by atoms with Gasteiger partial charge in [-0.2, -0.15) is 0 Å². The van der Waals surface area contributed by atoms with E-state index in [2.05, 4.69) is 0 Å². The minimum absolute atomic E-state index is 0.115. The average molecular weight is 356 g/mol. The van der Waals surface area contributed by atoms with Crippen LogP contribution in [-0.4, -0.2) is 37.6 Å². The van der Waals surface area contributed by atoms with Gasteiger partial charge in [0.2, 0.25) is 0 Å². The van der Waals surface area contributed by atoms with Gasteiger partial charge >= 0.3 is 5.97 Å². The molecule has 1 aliphatic rings. The molecule has 2 aromatic carbocycles. The average Bonchev–Trinajstić information content (AvgIpc) is 2.62. The lowest BCUT2D eigenvalue weighted by Crippen LogP contribution is -2.56. The Morgan fingerprint density at radius 2 is 1.81 bits per heavy atom. The van der Waals surface area contributed by atoms with Gasteiger partial charge in [-0.25, -0.2) is 9.18 Å². The fourth-order valence-corrected chi connectivity index (χ4v) is 4.01. The van der Waals surface area contributed by atoms with Crippen LogP contribution in [-0.2, 0) is 5.67 Å². The molecule has 0 radical (unpaired) electrons. The summed E-state index contributed by atoms with van der Waals surface area (Å²) in [5.41, 5.74) is -0.325. The van der Waals surface area contributed by atoms with Crippen LogP contribution < -0.4 is 4.74 Å². The van der Waals surface area contributed by atoms with Crippen molar-refractivity contribution in [2.24, 2.45) is 0 Å². The number of halogens is 1. The van der Waals surface area contributed by atoms with Crippen molar-refractivity contribution in [2.75, 3.05) is 21.1 Å². The molecule has 0 heterocycles.